The van der Waals surface area contributed by atoms with Gasteiger partial charge in [0.05, 0.1) is 6.33 Å². The van der Waals surface area contributed by atoms with Crippen LogP contribution in [0, 0.1) is 0 Å². The molecular formula is C24H25N3O4. The number of amides is 1. The van der Waals surface area contributed by atoms with Crippen LogP contribution in [-0.4, -0.2) is 39.4 Å². The molecule has 1 heterocycles. The average molecular weight is 419 g/mol. The lowest BCUT2D eigenvalue weighted by Gasteiger charge is -2.18. The maximum atomic E-state index is 12.5. The van der Waals surface area contributed by atoms with Gasteiger partial charge in [0.2, 0.25) is 0 Å². The van der Waals surface area contributed by atoms with Gasteiger partial charge in [0, 0.05) is 30.8 Å². The van der Waals surface area contributed by atoms with Crippen LogP contribution in [0.2, 0.25) is 0 Å². The van der Waals surface area contributed by atoms with Crippen LogP contribution >= 0.6 is 0 Å². The Bertz CT molecular complexity index is 1050. The Hall–Kier alpha value is -3.61. The van der Waals surface area contributed by atoms with E-state index in [1.165, 1.54) is 0 Å². The monoisotopic (exact) mass is 419 g/mol. The van der Waals surface area contributed by atoms with E-state index in [0.29, 0.717) is 0 Å². The Kier molecular flexibility index (Phi) is 6.02. The fourth-order valence-corrected chi connectivity index (χ4v) is 4.15. The molecule has 160 valence electrons. The molecule has 0 spiro atoms. The lowest BCUT2D eigenvalue weighted by atomic mass is 9.98. The molecule has 31 heavy (non-hydrogen) atoms. The number of fused-ring (bicyclic) bond motifs is 3. The molecule has 1 atom stereocenters. The van der Waals surface area contributed by atoms with E-state index in [2.05, 4.69) is 22.4 Å². The topological polar surface area (TPSA) is 93.5 Å². The number of aliphatic carboxylic acids is 1. The molecule has 7 heteroatoms. The highest BCUT2D eigenvalue weighted by Gasteiger charge is 2.30. The molecule has 1 amide bonds. The van der Waals surface area contributed by atoms with E-state index in [9.17, 15) is 14.7 Å². The second-order valence-corrected chi connectivity index (χ2v) is 7.64. The quantitative estimate of drug-likeness (QED) is 0.579. The molecule has 3 aromatic rings. The first-order valence-corrected chi connectivity index (χ1v) is 10.4. The van der Waals surface area contributed by atoms with E-state index in [1.807, 2.05) is 47.9 Å². The minimum absolute atomic E-state index is 0.0765. The van der Waals surface area contributed by atoms with Crippen molar-refractivity contribution in [1.29, 1.82) is 0 Å². The number of imidazole rings is 1. The maximum Gasteiger partial charge on any atom is 0.407 e. The predicted molar refractivity (Wildman–Crippen MR) is 116 cm³/mol. The van der Waals surface area contributed by atoms with Crippen molar-refractivity contribution < 1.29 is 19.4 Å². The van der Waals surface area contributed by atoms with Gasteiger partial charge in [-0.25, -0.2) is 14.6 Å². The van der Waals surface area contributed by atoms with Crippen LogP contribution in [0.1, 0.15) is 36.1 Å². The number of alkyl carbamates (subject to hydrolysis) is 1. The lowest BCUT2D eigenvalue weighted by Crippen LogP contribution is -2.43. The van der Waals surface area contributed by atoms with Crippen LogP contribution in [0.15, 0.2) is 61.1 Å². The molecule has 0 saturated heterocycles. The highest BCUT2D eigenvalue weighted by molar-refractivity contribution is 5.81. The van der Waals surface area contributed by atoms with Crippen molar-refractivity contribution in [2.24, 2.45) is 0 Å². The summed E-state index contributed by atoms with van der Waals surface area (Å²) in [6.45, 7) is 2.92. The molecule has 0 radical (unpaired) electrons. The van der Waals surface area contributed by atoms with Crippen LogP contribution < -0.4 is 5.32 Å². The molecule has 2 N–H and O–H groups in total. The number of aryl methyl sites for hydroxylation is 1. The van der Waals surface area contributed by atoms with Crippen molar-refractivity contribution in [2.75, 3.05) is 6.61 Å². The van der Waals surface area contributed by atoms with E-state index in [0.717, 1.165) is 40.9 Å². The van der Waals surface area contributed by atoms with Gasteiger partial charge in [-0.3, -0.25) is 0 Å². The van der Waals surface area contributed by atoms with Crippen molar-refractivity contribution >= 4 is 12.1 Å². The average Bonchev–Trinajstić information content (AvgIpc) is 3.34. The van der Waals surface area contributed by atoms with E-state index in [4.69, 9.17) is 4.74 Å². The Morgan fingerprint density at radius 3 is 2.39 bits per heavy atom. The number of carboxylic acids is 1. The maximum absolute atomic E-state index is 12.5. The first-order chi connectivity index (χ1) is 15.1. The number of hydrogen-bond acceptors (Lipinski definition) is 4. The smallest absolute Gasteiger partial charge is 0.407 e. The molecule has 0 fully saturated rings. The summed E-state index contributed by atoms with van der Waals surface area (Å²) in [6, 6.07) is 15.0. The van der Waals surface area contributed by atoms with E-state index < -0.39 is 18.1 Å². The third-order valence-electron chi connectivity index (χ3n) is 5.61. The summed E-state index contributed by atoms with van der Waals surface area (Å²) in [6.07, 6.45) is 3.60. The predicted octanol–water partition coefficient (Wildman–Crippen LogP) is 3.83. The van der Waals surface area contributed by atoms with Gasteiger partial charge in [0.15, 0.2) is 0 Å². The van der Waals surface area contributed by atoms with Gasteiger partial charge in [-0.15, -0.1) is 0 Å². The van der Waals surface area contributed by atoms with Crippen LogP contribution in [0.5, 0.6) is 0 Å². The number of ether oxygens (including phenoxy) is 1. The van der Waals surface area contributed by atoms with Gasteiger partial charge >= 0.3 is 12.1 Å². The second kappa shape index (κ2) is 9.04. The fourth-order valence-electron chi connectivity index (χ4n) is 4.15. The summed E-state index contributed by atoms with van der Waals surface area (Å²) in [7, 11) is 0. The van der Waals surface area contributed by atoms with E-state index in [1.54, 1.807) is 12.5 Å². The summed E-state index contributed by atoms with van der Waals surface area (Å²) in [5.41, 5.74) is 5.25. The zero-order valence-electron chi connectivity index (χ0n) is 17.3. The Labute approximate surface area is 180 Å². The zero-order chi connectivity index (χ0) is 21.8. The number of benzene rings is 2. The normalized spacial score (nSPS) is 13.3. The second-order valence-electron chi connectivity index (χ2n) is 7.64. The van der Waals surface area contributed by atoms with Crippen molar-refractivity contribution in [2.45, 2.75) is 38.3 Å². The third kappa shape index (κ3) is 4.30. The number of hydrogen-bond donors (Lipinski definition) is 2. The number of carbonyl (C=O) groups excluding carboxylic acids is 1. The summed E-state index contributed by atoms with van der Waals surface area (Å²) in [5.74, 6) is -1.19. The molecule has 1 aliphatic rings. The summed E-state index contributed by atoms with van der Waals surface area (Å²) >= 11 is 0. The summed E-state index contributed by atoms with van der Waals surface area (Å²) in [4.78, 5) is 28.3. The minimum Gasteiger partial charge on any atom is -0.480 e. The number of aromatic nitrogens is 2. The number of rotatable bonds is 8. The van der Waals surface area contributed by atoms with Crippen molar-refractivity contribution in [3.63, 3.8) is 0 Å². The molecule has 2 aromatic carbocycles. The highest BCUT2D eigenvalue weighted by atomic mass is 16.5. The van der Waals surface area contributed by atoms with Gasteiger partial charge in [-0.2, -0.15) is 0 Å². The standard InChI is InChI=1S/C24H25N3O4/c1-2-11-27-15-25-13-16(27)12-22(23(28)29)26-24(30)31-14-21-19-9-5-3-7-17(19)18-8-4-6-10-20(18)21/h3-10,13,15,21-22H,2,11-12,14H2,1H3,(H,26,30)(H,28,29). The number of carboxylic acid groups (broad SMARTS) is 1. The van der Waals surface area contributed by atoms with Gasteiger partial charge in [-0.1, -0.05) is 55.5 Å². The molecule has 0 saturated carbocycles. The van der Waals surface area contributed by atoms with Crippen molar-refractivity contribution in [3.05, 3.63) is 77.9 Å². The Morgan fingerprint density at radius 1 is 1.13 bits per heavy atom. The van der Waals surface area contributed by atoms with Crippen LogP contribution in [0.4, 0.5) is 4.79 Å². The molecule has 7 nitrogen and oxygen atoms in total. The molecule has 1 aliphatic carbocycles. The third-order valence-corrected chi connectivity index (χ3v) is 5.61. The summed E-state index contributed by atoms with van der Waals surface area (Å²) in [5, 5.41) is 12.1. The largest absolute Gasteiger partial charge is 0.480 e. The highest BCUT2D eigenvalue weighted by Crippen LogP contribution is 2.44. The van der Waals surface area contributed by atoms with E-state index in [-0.39, 0.29) is 18.9 Å². The van der Waals surface area contributed by atoms with Crippen LogP contribution in [0.3, 0.4) is 0 Å². The molecule has 1 unspecified atom stereocenters. The minimum atomic E-state index is -1.11. The Morgan fingerprint density at radius 2 is 1.77 bits per heavy atom. The molecular weight excluding hydrogens is 394 g/mol. The van der Waals surface area contributed by atoms with Gasteiger partial charge in [0.1, 0.15) is 12.6 Å². The Balaban J connectivity index is 1.42. The molecule has 0 bridgehead atoms. The van der Waals surface area contributed by atoms with Crippen molar-refractivity contribution in [3.8, 4) is 11.1 Å². The van der Waals surface area contributed by atoms with Gasteiger partial charge < -0.3 is 19.7 Å². The first kappa shape index (κ1) is 20.7. The number of carbonyl (C=O) groups is 2. The van der Waals surface area contributed by atoms with Crippen molar-refractivity contribution in [1.82, 2.24) is 14.9 Å². The number of nitrogens with zero attached hydrogens (tertiary/aromatic N) is 2. The first-order valence-electron chi connectivity index (χ1n) is 10.4. The van der Waals surface area contributed by atoms with Crippen LogP contribution in [0.25, 0.3) is 11.1 Å². The lowest BCUT2D eigenvalue weighted by molar-refractivity contribution is -0.139. The van der Waals surface area contributed by atoms with Crippen LogP contribution in [-0.2, 0) is 22.5 Å². The van der Waals surface area contributed by atoms with Gasteiger partial charge in [-0.05, 0) is 28.7 Å². The SMILES string of the molecule is CCCn1cncc1CC(NC(=O)OCC1c2ccccc2-c2ccccc21)C(=O)O. The fraction of sp³-hybridized carbons (Fsp3) is 0.292. The van der Waals surface area contributed by atoms with E-state index >= 15 is 0 Å². The molecule has 0 aliphatic heterocycles. The molecule has 1 aromatic heterocycles. The summed E-state index contributed by atoms with van der Waals surface area (Å²) < 4.78 is 7.38. The van der Waals surface area contributed by atoms with Gasteiger partial charge in [0.25, 0.3) is 0 Å². The zero-order valence-corrected chi connectivity index (χ0v) is 17.3. The molecule has 4 rings (SSSR count). The number of nitrogens with one attached hydrogen (secondary N) is 1.